The number of carbonyl (C=O) groups excluding carboxylic acids is 1. The molecule has 0 aliphatic rings. The molecule has 0 bridgehead atoms. The van der Waals surface area contributed by atoms with Crippen molar-refractivity contribution >= 4 is 11.6 Å². The number of hydrogen-bond donors (Lipinski definition) is 2. The Balaban J connectivity index is 1.64. The molecule has 6 nitrogen and oxygen atoms in total. The molecule has 0 unspecified atom stereocenters. The summed E-state index contributed by atoms with van der Waals surface area (Å²) in [5.41, 5.74) is 2.84. The number of anilines is 1. The van der Waals surface area contributed by atoms with Gasteiger partial charge in [-0.3, -0.25) is 9.36 Å². The summed E-state index contributed by atoms with van der Waals surface area (Å²) in [4.78, 5) is 27.0. The van der Waals surface area contributed by atoms with Crippen LogP contribution in [0.2, 0.25) is 0 Å². The molecule has 146 valence electrons. The quantitative estimate of drug-likeness (QED) is 0.657. The van der Waals surface area contributed by atoms with Crippen molar-refractivity contribution in [3.8, 4) is 11.4 Å². The molecular formula is C22H25N3O3. The molecule has 0 radical (unpaired) electrons. The van der Waals surface area contributed by atoms with E-state index < -0.39 is 0 Å². The van der Waals surface area contributed by atoms with Crippen LogP contribution in [0.25, 0.3) is 5.69 Å². The zero-order valence-corrected chi connectivity index (χ0v) is 16.4. The zero-order valence-electron chi connectivity index (χ0n) is 16.4. The minimum absolute atomic E-state index is 0.119. The zero-order chi connectivity index (χ0) is 20.1. The van der Waals surface area contributed by atoms with E-state index in [-0.39, 0.29) is 18.0 Å². The van der Waals surface area contributed by atoms with Gasteiger partial charge in [0.1, 0.15) is 5.75 Å². The third-order valence-electron chi connectivity index (χ3n) is 4.22. The number of nitrogens with zero attached hydrogens (tertiary/aromatic N) is 1. The van der Waals surface area contributed by atoms with E-state index in [9.17, 15) is 9.59 Å². The SMILES string of the molecule is Cc1c[nH]c(=O)n1-c1cccc(NC(=O)Cc2ccc(OCC(C)C)cc2)c1. The summed E-state index contributed by atoms with van der Waals surface area (Å²) >= 11 is 0. The van der Waals surface area contributed by atoms with E-state index in [0.717, 1.165) is 17.0 Å². The van der Waals surface area contributed by atoms with Crippen LogP contribution >= 0.6 is 0 Å². The van der Waals surface area contributed by atoms with Crippen molar-refractivity contribution < 1.29 is 9.53 Å². The fraction of sp³-hybridized carbons (Fsp3) is 0.273. The van der Waals surface area contributed by atoms with Gasteiger partial charge in [0.15, 0.2) is 0 Å². The Bertz CT molecular complexity index is 1000. The van der Waals surface area contributed by atoms with Gasteiger partial charge in [-0.2, -0.15) is 0 Å². The van der Waals surface area contributed by atoms with E-state index in [1.165, 1.54) is 0 Å². The average molecular weight is 379 g/mol. The molecule has 28 heavy (non-hydrogen) atoms. The Morgan fingerprint density at radius 3 is 2.57 bits per heavy atom. The van der Waals surface area contributed by atoms with Crippen LogP contribution in [-0.2, 0) is 11.2 Å². The highest BCUT2D eigenvalue weighted by Gasteiger charge is 2.08. The summed E-state index contributed by atoms with van der Waals surface area (Å²) in [5, 5.41) is 2.89. The first-order valence-electron chi connectivity index (χ1n) is 9.31. The summed E-state index contributed by atoms with van der Waals surface area (Å²) < 4.78 is 7.22. The van der Waals surface area contributed by atoms with Crippen molar-refractivity contribution in [1.29, 1.82) is 0 Å². The summed E-state index contributed by atoms with van der Waals surface area (Å²) in [5.74, 6) is 1.15. The number of benzene rings is 2. The molecule has 1 amide bonds. The maximum Gasteiger partial charge on any atom is 0.330 e. The first-order valence-corrected chi connectivity index (χ1v) is 9.31. The van der Waals surface area contributed by atoms with Gasteiger partial charge < -0.3 is 15.0 Å². The molecule has 1 heterocycles. The number of aromatic amines is 1. The Labute approximate surface area is 164 Å². The van der Waals surface area contributed by atoms with Crippen molar-refractivity contribution in [2.45, 2.75) is 27.2 Å². The van der Waals surface area contributed by atoms with Crippen LogP contribution in [0.15, 0.2) is 59.5 Å². The van der Waals surface area contributed by atoms with Gasteiger partial charge in [0.05, 0.1) is 18.7 Å². The minimum atomic E-state index is -0.208. The Morgan fingerprint density at radius 1 is 1.18 bits per heavy atom. The number of carbonyl (C=O) groups is 1. The number of H-pyrrole nitrogens is 1. The molecule has 0 aliphatic heterocycles. The lowest BCUT2D eigenvalue weighted by molar-refractivity contribution is -0.115. The van der Waals surface area contributed by atoms with Crippen molar-refractivity contribution in [3.63, 3.8) is 0 Å². The number of rotatable bonds is 7. The van der Waals surface area contributed by atoms with Gasteiger partial charge >= 0.3 is 5.69 Å². The molecule has 0 saturated heterocycles. The smallest absolute Gasteiger partial charge is 0.330 e. The largest absolute Gasteiger partial charge is 0.493 e. The van der Waals surface area contributed by atoms with Crippen LogP contribution < -0.4 is 15.7 Å². The highest BCUT2D eigenvalue weighted by Crippen LogP contribution is 2.17. The summed E-state index contributed by atoms with van der Waals surface area (Å²) in [6, 6.07) is 14.8. The third kappa shape index (κ3) is 4.91. The molecule has 2 aromatic carbocycles. The topological polar surface area (TPSA) is 76.1 Å². The molecule has 2 N–H and O–H groups in total. The van der Waals surface area contributed by atoms with Crippen molar-refractivity contribution in [1.82, 2.24) is 9.55 Å². The Morgan fingerprint density at radius 2 is 1.93 bits per heavy atom. The normalized spacial score (nSPS) is 10.9. The highest BCUT2D eigenvalue weighted by molar-refractivity contribution is 5.92. The van der Waals surface area contributed by atoms with Crippen LogP contribution in [0.3, 0.4) is 0 Å². The standard InChI is InChI=1S/C22H25N3O3/c1-15(2)14-28-20-9-7-17(8-10-20)11-21(26)24-18-5-4-6-19(12-18)25-16(3)13-23-22(25)27/h4-10,12-13,15H,11,14H2,1-3H3,(H,23,27)(H,24,26). The number of ether oxygens (including phenoxy) is 1. The predicted octanol–water partition coefficient (Wildman–Crippen LogP) is 3.69. The molecule has 0 atom stereocenters. The number of aryl methyl sites for hydroxylation is 1. The van der Waals surface area contributed by atoms with Gasteiger partial charge in [0, 0.05) is 17.6 Å². The number of nitrogens with one attached hydrogen (secondary N) is 2. The van der Waals surface area contributed by atoms with Gasteiger partial charge in [-0.05, 0) is 48.7 Å². The second-order valence-electron chi connectivity index (χ2n) is 7.19. The summed E-state index contributed by atoms with van der Waals surface area (Å²) in [7, 11) is 0. The summed E-state index contributed by atoms with van der Waals surface area (Å²) in [6.45, 7) is 6.71. The molecule has 1 aromatic heterocycles. The van der Waals surface area contributed by atoms with Crippen LogP contribution in [0, 0.1) is 12.8 Å². The molecule has 6 heteroatoms. The minimum Gasteiger partial charge on any atom is -0.493 e. The lowest BCUT2D eigenvalue weighted by atomic mass is 10.1. The maximum atomic E-state index is 12.4. The lowest BCUT2D eigenvalue weighted by Gasteiger charge is -2.10. The second kappa shape index (κ2) is 8.61. The Kier molecular flexibility index (Phi) is 5.99. The van der Waals surface area contributed by atoms with E-state index in [4.69, 9.17) is 4.74 Å². The van der Waals surface area contributed by atoms with Crippen LogP contribution in [0.1, 0.15) is 25.1 Å². The van der Waals surface area contributed by atoms with E-state index in [2.05, 4.69) is 24.1 Å². The molecule has 3 rings (SSSR count). The van der Waals surface area contributed by atoms with Crippen molar-refractivity contribution in [2.75, 3.05) is 11.9 Å². The monoisotopic (exact) mass is 379 g/mol. The molecule has 0 fully saturated rings. The first-order chi connectivity index (χ1) is 13.4. The first kappa shape index (κ1) is 19.5. The van der Waals surface area contributed by atoms with Crippen LogP contribution in [0.5, 0.6) is 5.75 Å². The van der Waals surface area contributed by atoms with Gasteiger partial charge in [0.2, 0.25) is 5.91 Å². The van der Waals surface area contributed by atoms with Crippen molar-refractivity contribution in [2.24, 2.45) is 5.92 Å². The summed E-state index contributed by atoms with van der Waals surface area (Å²) in [6.07, 6.45) is 1.92. The van der Waals surface area contributed by atoms with Gasteiger partial charge in [-0.15, -0.1) is 0 Å². The Hall–Kier alpha value is -3.28. The fourth-order valence-corrected chi connectivity index (χ4v) is 2.86. The van der Waals surface area contributed by atoms with E-state index >= 15 is 0 Å². The second-order valence-corrected chi connectivity index (χ2v) is 7.19. The lowest BCUT2D eigenvalue weighted by Crippen LogP contribution is -2.17. The number of aromatic nitrogens is 2. The third-order valence-corrected chi connectivity index (χ3v) is 4.22. The van der Waals surface area contributed by atoms with E-state index in [0.29, 0.717) is 23.9 Å². The van der Waals surface area contributed by atoms with E-state index in [1.807, 2.05) is 43.3 Å². The van der Waals surface area contributed by atoms with Crippen molar-refractivity contribution in [3.05, 3.63) is 76.5 Å². The van der Waals surface area contributed by atoms with E-state index in [1.54, 1.807) is 22.9 Å². The highest BCUT2D eigenvalue weighted by atomic mass is 16.5. The molecule has 0 saturated carbocycles. The molecule has 3 aromatic rings. The number of imidazole rings is 1. The van der Waals surface area contributed by atoms with Gasteiger partial charge in [0.25, 0.3) is 0 Å². The van der Waals surface area contributed by atoms with Gasteiger partial charge in [-0.25, -0.2) is 4.79 Å². The molecule has 0 spiro atoms. The number of hydrogen-bond acceptors (Lipinski definition) is 3. The molecule has 0 aliphatic carbocycles. The molecular weight excluding hydrogens is 354 g/mol. The average Bonchev–Trinajstić information content (AvgIpc) is 2.99. The number of amides is 1. The van der Waals surface area contributed by atoms with Crippen LogP contribution in [0.4, 0.5) is 5.69 Å². The maximum absolute atomic E-state index is 12.4. The van der Waals surface area contributed by atoms with Crippen LogP contribution in [-0.4, -0.2) is 22.1 Å². The van der Waals surface area contributed by atoms with Gasteiger partial charge in [-0.1, -0.05) is 32.0 Å². The fourth-order valence-electron chi connectivity index (χ4n) is 2.86. The predicted molar refractivity (Wildman–Crippen MR) is 110 cm³/mol.